The molecule has 0 saturated heterocycles. The lowest BCUT2D eigenvalue weighted by molar-refractivity contribution is 0.0526. The average Bonchev–Trinajstić information content (AvgIpc) is 2.66. The number of hydrogen-bond donors (Lipinski definition) is 0. The van der Waals surface area contributed by atoms with Crippen LogP contribution in [-0.2, 0) is 11.3 Å². The molecule has 5 nitrogen and oxygen atoms in total. The molecule has 94 valence electrons. The molecule has 0 saturated carbocycles. The summed E-state index contributed by atoms with van der Waals surface area (Å²) in [5.41, 5.74) is 1.39. The van der Waals surface area contributed by atoms with Crippen molar-refractivity contribution in [3.63, 3.8) is 0 Å². The van der Waals surface area contributed by atoms with Crippen molar-refractivity contribution in [3.05, 3.63) is 47.0 Å². The number of oxazole rings is 1. The zero-order valence-corrected chi connectivity index (χ0v) is 10.0. The molecule has 0 bridgehead atoms. The summed E-state index contributed by atoms with van der Waals surface area (Å²) < 4.78 is 11.4. The van der Waals surface area contributed by atoms with Gasteiger partial charge in [-0.15, -0.1) is 6.58 Å². The molecule has 0 amide bonds. The third-order valence-corrected chi connectivity index (χ3v) is 2.49. The number of fused-ring (bicyclic) bond motifs is 1. The molecule has 0 N–H and O–H groups in total. The van der Waals surface area contributed by atoms with Gasteiger partial charge in [0.25, 0.3) is 0 Å². The number of aromatic nitrogens is 1. The van der Waals surface area contributed by atoms with E-state index in [0.29, 0.717) is 29.8 Å². The molecule has 0 aliphatic heterocycles. The van der Waals surface area contributed by atoms with Gasteiger partial charge in [0.15, 0.2) is 5.58 Å². The highest BCUT2D eigenvalue weighted by molar-refractivity contribution is 5.93. The second kappa shape index (κ2) is 4.91. The lowest BCUT2D eigenvalue weighted by Gasteiger charge is -2.02. The van der Waals surface area contributed by atoms with E-state index in [2.05, 4.69) is 6.58 Å². The van der Waals surface area contributed by atoms with Crippen molar-refractivity contribution in [2.75, 3.05) is 6.61 Å². The fourth-order valence-corrected chi connectivity index (χ4v) is 1.71. The van der Waals surface area contributed by atoms with Crippen LogP contribution in [0.3, 0.4) is 0 Å². The summed E-state index contributed by atoms with van der Waals surface area (Å²) in [6.45, 7) is 5.95. The number of ether oxygens (including phenoxy) is 1. The van der Waals surface area contributed by atoms with E-state index in [-0.39, 0.29) is 0 Å². The standard InChI is InChI=1S/C13H13NO4/c1-3-7-14-10-8-9(12(15)17-4-2)5-6-11(10)18-13(14)16/h3,5-6,8H,1,4,7H2,2H3. The molecule has 5 heteroatoms. The van der Waals surface area contributed by atoms with E-state index in [1.54, 1.807) is 31.2 Å². The SMILES string of the molecule is C=CCn1c(=O)oc2ccc(C(=O)OCC)cc21. The van der Waals surface area contributed by atoms with Crippen molar-refractivity contribution in [1.29, 1.82) is 0 Å². The first-order valence-corrected chi connectivity index (χ1v) is 5.58. The Bertz CT molecular complexity index is 651. The average molecular weight is 247 g/mol. The van der Waals surface area contributed by atoms with Gasteiger partial charge in [0.1, 0.15) is 0 Å². The van der Waals surface area contributed by atoms with Gasteiger partial charge in [-0.1, -0.05) is 6.08 Å². The van der Waals surface area contributed by atoms with Crippen LogP contribution in [0, 0.1) is 0 Å². The maximum Gasteiger partial charge on any atom is 0.420 e. The first-order valence-electron chi connectivity index (χ1n) is 5.58. The van der Waals surface area contributed by atoms with Gasteiger partial charge in [-0.2, -0.15) is 0 Å². The Morgan fingerprint density at radius 2 is 2.33 bits per heavy atom. The Balaban J connectivity index is 2.55. The third kappa shape index (κ3) is 2.07. The first kappa shape index (κ1) is 12.2. The van der Waals surface area contributed by atoms with Crippen LogP contribution in [0.4, 0.5) is 0 Å². The molecule has 1 aromatic heterocycles. The van der Waals surface area contributed by atoms with Crippen LogP contribution in [-0.4, -0.2) is 17.1 Å². The second-order valence-electron chi connectivity index (χ2n) is 3.67. The van der Waals surface area contributed by atoms with Gasteiger partial charge in [0.2, 0.25) is 0 Å². The topological polar surface area (TPSA) is 61.4 Å². The number of rotatable bonds is 4. The highest BCUT2D eigenvalue weighted by Gasteiger charge is 2.12. The minimum Gasteiger partial charge on any atom is -0.462 e. The normalized spacial score (nSPS) is 10.5. The van der Waals surface area contributed by atoms with Crippen molar-refractivity contribution in [2.24, 2.45) is 0 Å². The maximum absolute atomic E-state index is 11.6. The molecule has 0 aliphatic rings. The molecule has 0 spiro atoms. The Morgan fingerprint density at radius 1 is 1.56 bits per heavy atom. The van der Waals surface area contributed by atoms with Crippen molar-refractivity contribution in [2.45, 2.75) is 13.5 Å². The zero-order valence-electron chi connectivity index (χ0n) is 10.0. The molecule has 0 fully saturated rings. The first-order chi connectivity index (χ1) is 8.67. The molecule has 1 heterocycles. The fourth-order valence-electron chi connectivity index (χ4n) is 1.71. The van der Waals surface area contributed by atoms with Gasteiger partial charge >= 0.3 is 11.7 Å². The van der Waals surface area contributed by atoms with Gasteiger partial charge in [-0.3, -0.25) is 4.57 Å². The van der Waals surface area contributed by atoms with Crippen LogP contribution < -0.4 is 5.76 Å². The van der Waals surface area contributed by atoms with Crippen molar-refractivity contribution in [1.82, 2.24) is 4.57 Å². The molecule has 0 radical (unpaired) electrons. The Morgan fingerprint density at radius 3 is 3.00 bits per heavy atom. The van der Waals surface area contributed by atoms with Gasteiger partial charge < -0.3 is 9.15 Å². The highest BCUT2D eigenvalue weighted by Crippen LogP contribution is 2.16. The van der Waals surface area contributed by atoms with E-state index < -0.39 is 11.7 Å². The Kier molecular flexibility index (Phi) is 3.32. The lowest BCUT2D eigenvalue weighted by atomic mass is 10.2. The lowest BCUT2D eigenvalue weighted by Crippen LogP contribution is -2.13. The van der Waals surface area contributed by atoms with E-state index in [0.717, 1.165) is 0 Å². The number of benzene rings is 1. The van der Waals surface area contributed by atoms with Gasteiger partial charge in [-0.25, -0.2) is 9.59 Å². The van der Waals surface area contributed by atoms with Crippen LogP contribution in [0.25, 0.3) is 11.1 Å². The van der Waals surface area contributed by atoms with E-state index in [4.69, 9.17) is 9.15 Å². The fraction of sp³-hybridized carbons (Fsp3) is 0.231. The molecular weight excluding hydrogens is 234 g/mol. The predicted octanol–water partition coefficient (Wildman–Crippen LogP) is 1.96. The summed E-state index contributed by atoms with van der Waals surface area (Å²) in [5, 5.41) is 0. The molecule has 0 unspecified atom stereocenters. The predicted molar refractivity (Wildman–Crippen MR) is 66.6 cm³/mol. The molecular formula is C13H13NO4. The Hall–Kier alpha value is -2.30. The summed E-state index contributed by atoms with van der Waals surface area (Å²) in [4.78, 5) is 23.2. The minimum absolute atomic E-state index is 0.307. The summed E-state index contributed by atoms with van der Waals surface area (Å²) in [6.07, 6.45) is 1.59. The summed E-state index contributed by atoms with van der Waals surface area (Å²) in [6, 6.07) is 4.74. The van der Waals surface area contributed by atoms with Crippen LogP contribution in [0.2, 0.25) is 0 Å². The molecule has 2 rings (SSSR count). The third-order valence-electron chi connectivity index (χ3n) is 2.49. The molecule has 0 aliphatic carbocycles. The second-order valence-corrected chi connectivity index (χ2v) is 3.67. The summed E-state index contributed by atoms with van der Waals surface area (Å²) in [5.74, 6) is -0.885. The molecule has 0 atom stereocenters. The van der Waals surface area contributed by atoms with E-state index >= 15 is 0 Å². The van der Waals surface area contributed by atoms with Crippen LogP contribution in [0.5, 0.6) is 0 Å². The highest BCUT2D eigenvalue weighted by atomic mass is 16.5. The number of esters is 1. The van der Waals surface area contributed by atoms with E-state index in [1.807, 2.05) is 0 Å². The van der Waals surface area contributed by atoms with E-state index in [9.17, 15) is 9.59 Å². The van der Waals surface area contributed by atoms with E-state index in [1.165, 1.54) is 4.57 Å². The van der Waals surface area contributed by atoms with Gasteiger partial charge in [0, 0.05) is 6.54 Å². The van der Waals surface area contributed by atoms with Gasteiger partial charge in [-0.05, 0) is 25.1 Å². The van der Waals surface area contributed by atoms with Gasteiger partial charge in [0.05, 0.1) is 17.7 Å². The summed E-state index contributed by atoms with van der Waals surface area (Å²) in [7, 11) is 0. The monoisotopic (exact) mass is 247 g/mol. The van der Waals surface area contributed by atoms with Crippen LogP contribution in [0.15, 0.2) is 40.1 Å². The van der Waals surface area contributed by atoms with Crippen molar-refractivity contribution >= 4 is 17.1 Å². The number of hydrogen-bond acceptors (Lipinski definition) is 4. The summed E-state index contributed by atoms with van der Waals surface area (Å²) >= 11 is 0. The number of allylic oxidation sites excluding steroid dienone is 1. The number of carbonyl (C=O) groups excluding carboxylic acids is 1. The molecule has 2 aromatic rings. The molecule has 1 aromatic carbocycles. The molecule has 18 heavy (non-hydrogen) atoms. The van der Waals surface area contributed by atoms with Crippen LogP contribution >= 0.6 is 0 Å². The van der Waals surface area contributed by atoms with Crippen molar-refractivity contribution < 1.29 is 13.9 Å². The quantitative estimate of drug-likeness (QED) is 0.612. The zero-order chi connectivity index (χ0) is 13.1. The number of nitrogens with zero attached hydrogens (tertiary/aromatic N) is 1. The largest absolute Gasteiger partial charge is 0.462 e. The minimum atomic E-state index is -0.467. The smallest absolute Gasteiger partial charge is 0.420 e. The van der Waals surface area contributed by atoms with Crippen LogP contribution in [0.1, 0.15) is 17.3 Å². The maximum atomic E-state index is 11.6. The Labute approximate surface area is 103 Å². The van der Waals surface area contributed by atoms with Crippen molar-refractivity contribution in [3.8, 4) is 0 Å². The number of carbonyl (C=O) groups is 1.